The third kappa shape index (κ3) is 3.25. The Morgan fingerprint density at radius 3 is 2.56 bits per heavy atom. The molecular weight excluding hydrogens is 340 g/mol. The molecule has 2 aliphatic rings. The average molecular weight is 366 g/mol. The highest BCUT2D eigenvalue weighted by molar-refractivity contribution is 5.93. The first-order chi connectivity index (χ1) is 13.0. The Bertz CT molecular complexity index is 865. The number of rotatable bonds is 4. The molecule has 1 aliphatic carbocycles. The van der Waals surface area contributed by atoms with Crippen LogP contribution in [0.2, 0.25) is 0 Å². The van der Waals surface area contributed by atoms with Gasteiger partial charge in [0.1, 0.15) is 5.69 Å². The Morgan fingerprint density at radius 1 is 1.19 bits per heavy atom. The molecule has 1 aromatic heterocycles. The summed E-state index contributed by atoms with van der Waals surface area (Å²) in [6, 6.07) is 11.7. The normalized spacial score (nSPS) is 17.1. The molecule has 27 heavy (non-hydrogen) atoms. The van der Waals surface area contributed by atoms with Crippen molar-refractivity contribution in [3.63, 3.8) is 0 Å². The minimum Gasteiger partial charge on any atom is -0.338 e. The van der Waals surface area contributed by atoms with Crippen molar-refractivity contribution in [1.29, 1.82) is 0 Å². The van der Waals surface area contributed by atoms with Crippen molar-refractivity contribution in [2.24, 2.45) is 0 Å². The molecule has 0 atom stereocenters. The van der Waals surface area contributed by atoms with Gasteiger partial charge in [0.15, 0.2) is 0 Å². The van der Waals surface area contributed by atoms with Gasteiger partial charge >= 0.3 is 0 Å². The van der Waals surface area contributed by atoms with Crippen molar-refractivity contribution >= 4 is 17.5 Å². The van der Waals surface area contributed by atoms with Crippen LogP contribution in [0.15, 0.2) is 36.4 Å². The molecule has 0 unspecified atom stereocenters. The maximum Gasteiger partial charge on any atom is 0.270 e. The lowest BCUT2D eigenvalue weighted by Gasteiger charge is -2.46. The molecule has 2 N–H and O–H groups in total. The standard InChI is InChI=1S/C21H26N4O2/c1-15(26)23-17-6-4-16(5-7-17)14-24(2)20(27)18-8-9-19-21(10-3-11-21)22-12-13-25(18)19/h4-9,22H,3,10-14H2,1-2H3,(H,23,26). The Morgan fingerprint density at radius 2 is 1.93 bits per heavy atom. The first kappa shape index (κ1) is 17.8. The van der Waals surface area contributed by atoms with Crippen LogP contribution in [0.4, 0.5) is 5.69 Å². The highest BCUT2D eigenvalue weighted by atomic mass is 16.2. The molecule has 1 aromatic carbocycles. The van der Waals surface area contributed by atoms with Crippen molar-refractivity contribution in [2.75, 3.05) is 18.9 Å². The summed E-state index contributed by atoms with van der Waals surface area (Å²) in [6.07, 6.45) is 3.55. The van der Waals surface area contributed by atoms with Crippen molar-refractivity contribution in [3.8, 4) is 0 Å². The quantitative estimate of drug-likeness (QED) is 0.874. The third-order valence-corrected chi connectivity index (χ3v) is 5.74. The lowest BCUT2D eigenvalue weighted by molar-refractivity contribution is -0.114. The number of benzene rings is 1. The molecule has 1 saturated carbocycles. The van der Waals surface area contributed by atoms with Gasteiger partial charge in [0.05, 0.1) is 5.54 Å². The van der Waals surface area contributed by atoms with E-state index in [0.29, 0.717) is 6.54 Å². The molecule has 6 heteroatoms. The van der Waals surface area contributed by atoms with Crippen molar-refractivity contribution in [3.05, 3.63) is 53.3 Å². The molecular formula is C21H26N4O2. The number of fused-ring (bicyclic) bond motifs is 2. The molecule has 4 rings (SSSR count). The number of nitrogens with zero attached hydrogens (tertiary/aromatic N) is 2. The summed E-state index contributed by atoms with van der Waals surface area (Å²) in [6.45, 7) is 3.77. The number of aromatic nitrogens is 1. The van der Waals surface area contributed by atoms with E-state index in [1.807, 2.05) is 37.4 Å². The SMILES string of the molecule is CC(=O)Nc1ccc(CN(C)C(=O)c2ccc3n2CCNC32CCC2)cc1. The molecule has 6 nitrogen and oxygen atoms in total. The fourth-order valence-electron chi connectivity index (χ4n) is 4.21. The van der Waals surface area contributed by atoms with Crippen molar-refractivity contribution in [1.82, 2.24) is 14.8 Å². The molecule has 1 aliphatic heterocycles. The predicted octanol–water partition coefficient (Wildman–Crippen LogP) is 2.70. The van der Waals surface area contributed by atoms with Crippen LogP contribution in [0.3, 0.4) is 0 Å². The second-order valence-corrected chi connectivity index (χ2v) is 7.66. The van der Waals surface area contributed by atoms with Gasteiger partial charge in [0.2, 0.25) is 5.91 Å². The summed E-state index contributed by atoms with van der Waals surface area (Å²) >= 11 is 0. The number of nitrogens with one attached hydrogen (secondary N) is 2. The maximum absolute atomic E-state index is 13.0. The van der Waals surface area contributed by atoms with E-state index in [9.17, 15) is 9.59 Å². The zero-order valence-electron chi connectivity index (χ0n) is 15.9. The van der Waals surface area contributed by atoms with E-state index in [0.717, 1.165) is 42.9 Å². The predicted molar refractivity (Wildman–Crippen MR) is 105 cm³/mol. The van der Waals surface area contributed by atoms with Crippen LogP contribution in [-0.4, -0.2) is 34.9 Å². The van der Waals surface area contributed by atoms with Gasteiger partial charge in [0, 0.05) is 45.0 Å². The number of hydrogen-bond donors (Lipinski definition) is 2. The van der Waals surface area contributed by atoms with Gasteiger partial charge < -0.3 is 20.1 Å². The Kier molecular flexibility index (Phi) is 4.52. The summed E-state index contributed by atoms with van der Waals surface area (Å²) in [4.78, 5) is 25.9. The topological polar surface area (TPSA) is 66.4 Å². The van der Waals surface area contributed by atoms with Crippen LogP contribution in [-0.2, 0) is 23.4 Å². The number of hydrogen-bond acceptors (Lipinski definition) is 3. The smallest absolute Gasteiger partial charge is 0.270 e. The summed E-state index contributed by atoms with van der Waals surface area (Å²) in [7, 11) is 1.84. The number of amides is 2. The van der Waals surface area contributed by atoms with E-state index in [-0.39, 0.29) is 17.4 Å². The molecule has 2 amide bonds. The van der Waals surface area contributed by atoms with Crippen LogP contribution in [0.1, 0.15) is 47.9 Å². The molecule has 0 bridgehead atoms. The van der Waals surface area contributed by atoms with Crippen LogP contribution in [0, 0.1) is 0 Å². The summed E-state index contributed by atoms with van der Waals surface area (Å²) in [5.74, 6) is -0.0460. The summed E-state index contributed by atoms with van der Waals surface area (Å²) in [5, 5.41) is 6.41. The number of anilines is 1. The third-order valence-electron chi connectivity index (χ3n) is 5.74. The minimum absolute atomic E-state index is 0.0450. The monoisotopic (exact) mass is 366 g/mol. The Labute approximate surface area is 159 Å². The van der Waals surface area contributed by atoms with Gasteiger partial charge in [-0.25, -0.2) is 0 Å². The summed E-state index contributed by atoms with van der Waals surface area (Å²) < 4.78 is 2.20. The van der Waals surface area contributed by atoms with E-state index in [1.54, 1.807) is 4.90 Å². The molecule has 2 heterocycles. The van der Waals surface area contributed by atoms with Crippen LogP contribution >= 0.6 is 0 Å². The zero-order valence-corrected chi connectivity index (χ0v) is 15.9. The molecule has 2 aromatic rings. The fraction of sp³-hybridized carbons (Fsp3) is 0.429. The maximum atomic E-state index is 13.0. The lowest BCUT2D eigenvalue weighted by atomic mass is 9.73. The number of carbonyl (C=O) groups excluding carboxylic acids is 2. The van der Waals surface area contributed by atoms with E-state index in [1.165, 1.54) is 19.0 Å². The van der Waals surface area contributed by atoms with Crippen LogP contribution < -0.4 is 10.6 Å². The summed E-state index contributed by atoms with van der Waals surface area (Å²) in [5.41, 5.74) is 3.92. The van der Waals surface area contributed by atoms with E-state index in [2.05, 4.69) is 21.3 Å². The second-order valence-electron chi connectivity index (χ2n) is 7.66. The molecule has 1 fully saturated rings. The lowest BCUT2D eigenvalue weighted by Crippen LogP contribution is -2.54. The molecule has 142 valence electrons. The molecule has 0 saturated heterocycles. The Hall–Kier alpha value is -2.60. The fourth-order valence-corrected chi connectivity index (χ4v) is 4.21. The van der Waals surface area contributed by atoms with E-state index in [4.69, 9.17) is 0 Å². The average Bonchev–Trinajstić information content (AvgIpc) is 3.05. The van der Waals surface area contributed by atoms with Crippen molar-refractivity contribution in [2.45, 2.75) is 44.8 Å². The number of carbonyl (C=O) groups is 2. The van der Waals surface area contributed by atoms with Gasteiger partial charge in [0.25, 0.3) is 5.91 Å². The van der Waals surface area contributed by atoms with Crippen molar-refractivity contribution < 1.29 is 9.59 Å². The van der Waals surface area contributed by atoms with Crippen LogP contribution in [0.5, 0.6) is 0 Å². The zero-order chi connectivity index (χ0) is 19.0. The van der Waals surface area contributed by atoms with Gasteiger partial charge in [-0.2, -0.15) is 0 Å². The first-order valence-electron chi connectivity index (χ1n) is 9.56. The van der Waals surface area contributed by atoms with E-state index >= 15 is 0 Å². The Balaban J connectivity index is 1.48. The highest BCUT2D eigenvalue weighted by Crippen LogP contribution is 2.43. The molecule has 0 radical (unpaired) electrons. The molecule has 1 spiro atoms. The largest absolute Gasteiger partial charge is 0.338 e. The first-order valence-corrected chi connectivity index (χ1v) is 9.56. The van der Waals surface area contributed by atoms with Crippen LogP contribution in [0.25, 0.3) is 0 Å². The van der Waals surface area contributed by atoms with Gasteiger partial charge in [-0.1, -0.05) is 12.1 Å². The van der Waals surface area contributed by atoms with Gasteiger partial charge in [-0.05, 0) is 49.1 Å². The minimum atomic E-state index is -0.0909. The van der Waals surface area contributed by atoms with E-state index < -0.39 is 0 Å². The highest BCUT2D eigenvalue weighted by Gasteiger charge is 2.43. The second kappa shape index (κ2) is 6.85. The van der Waals surface area contributed by atoms with Gasteiger partial charge in [-0.3, -0.25) is 9.59 Å². The van der Waals surface area contributed by atoms with Gasteiger partial charge in [-0.15, -0.1) is 0 Å².